The third-order valence-electron chi connectivity index (χ3n) is 5.60. The van der Waals surface area contributed by atoms with Crippen LogP contribution in [0.25, 0.3) is 10.9 Å². The second-order valence-corrected chi connectivity index (χ2v) is 7.61. The fourth-order valence-electron chi connectivity index (χ4n) is 4.16. The van der Waals surface area contributed by atoms with E-state index in [0.29, 0.717) is 13.2 Å². The van der Waals surface area contributed by atoms with Crippen LogP contribution < -0.4 is 5.32 Å². The second-order valence-electron chi connectivity index (χ2n) is 7.61. The first-order chi connectivity index (χ1) is 14.6. The van der Waals surface area contributed by atoms with Gasteiger partial charge in [0, 0.05) is 29.7 Å². The van der Waals surface area contributed by atoms with E-state index in [2.05, 4.69) is 53.6 Å². The van der Waals surface area contributed by atoms with E-state index in [0.717, 1.165) is 23.2 Å². The van der Waals surface area contributed by atoms with Crippen molar-refractivity contribution in [2.24, 2.45) is 0 Å². The average Bonchev–Trinajstić information content (AvgIpc) is 3.12. The van der Waals surface area contributed by atoms with Gasteiger partial charge in [0.05, 0.1) is 19.1 Å². The number of benzene rings is 2. The molecule has 0 saturated heterocycles. The maximum absolute atomic E-state index is 13.1. The van der Waals surface area contributed by atoms with Crippen molar-refractivity contribution < 1.29 is 14.3 Å². The van der Waals surface area contributed by atoms with Gasteiger partial charge in [-0.2, -0.15) is 0 Å². The number of urea groups is 1. The van der Waals surface area contributed by atoms with Crippen LogP contribution in [0.3, 0.4) is 0 Å². The number of aryl methyl sites for hydroxylation is 1. The third kappa shape index (κ3) is 3.90. The number of esters is 1. The van der Waals surface area contributed by atoms with Gasteiger partial charge in [-0.1, -0.05) is 48.0 Å². The van der Waals surface area contributed by atoms with Crippen molar-refractivity contribution >= 4 is 22.9 Å². The van der Waals surface area contributed by atoms with Gasteiger partial charge in [-0.15, -0.1) is 0 Å². The number of rotatable bonds is 5. The Morgan fingerprint density at radius 3 is 2.70 bits per heavy atom. The molecular weight excluding hydrogens is 378 g/mol. The fourth-order valence-corrected chi connectivity index (χ4v) is 4.16. The number of hydrogen-bond acceptors (Lipinski definition) is 3. The van der Waals surface area contributed by atoms with Crippen LogP contribution in [0.2, 0.25) is 0 Å². The summed E-state index contributed by atoms with van der Waals surface area (Å²) in [6, 6.07) is 16.2. The Labute approximate surface area is 176 Å². The highest BCUT2D eigenvalue weighted by Crippen LogP contribution is 2.38. The summed E-state index contributed by atoms with van der Waals surface area (Å²) in [4.78, 5) is 30.1. The monoisotopic (exact) mass is 405 g/mol. The molecule has 2 heterocycles. The summed E-state index contributed by atoms with van der Waals surface area (Å²) >= 11 is 0. The molecule has 2 aromatic carbocycles. The Hall–Kier alpha value is -3.28. The van der Waals surface area contributed by atoms with E-state index in [1.165, 1.54) is 16.5 Å². The summed E-state index contributed by atoms with van der Waals surface area (Å²) in [7, 11) is 0. The lowest BCUT2D eigenvalue weighted by molar-refractivity contribution is -0.142. The van der Waals surface area contributed by atoms with Gasteiger partial charge in [-0.25, -0.2) is 4.79 Å². The number of carbonyl (C=O) groups is 2. The maximum Gasteiger partial charge on any atom is 0.318 e. The molecule has 4 rings (SSSR count). The van der Waals surface area contributed by atoms with Gasteiger partial charge in [0.1, 0.15) is 0 Å². The molecule has 1 aliphatic heterocycles. The van der Waals surface area contributed by atoms with Gasteiger partial charge in [0.2, 0.25) is 0 Å². The van der Waals surface area contributed by atoms with Crippen LogP contribution in [0.5, 0.6) is 0 Å². The minimum Gasteiger partial charge on any atom is -0.466 e. The molecule has 6 heteroatoms. The molecule has 6 nitrogen and oxygen atoms in total. The summed E-state index contributed by atoms with van der Waals surface area (Å²) in [6.07, 6.45) is 0.952. The molecule has 0 fully saturated rings. The van der Waals surface area contributed by atoms with Crippen LogP contribution in [-0.4, -0.2) is 41.6 Å². The van der Waals surface area contributed by atoms with E-state index in [1.807, 2.05) is 17.0 Å². The molecule has 1 atom stereocenters. The van der Waals surface area contributed by atoms with E-state index in [9.17, 15) is 9.59 Å². The minimum absolute atomic E-state index is 0.167. The molecule has 2 amide bonds. The van der Waals surface area contributed by atoms with Crippen molar-refractivity contribution in [3.63, 3.8) is 0 Å². The summed E-state index contributed by atoms with van der Waals surface area (Å²) in [5, 5.41) is 4.10. The zero-order chi connectivity index (χ0) is 21.1. The van der Waals surface area contributed by atoms with Gasteiger partial charge in [0.25, 0.3) is 0 Å². The number of nitrogens with one attached hydrogen (secondary N) is 2. The maximum atomic E-state index is 13.1. The van der Waals surface area contributed by atoms with Crippen LogP contribution in [0.4, 0.5) is 4.79 Å². The lowest BCUT2D eigenvalue weighted by atomic mass is 9.92. The van der Waals surface area contributed by atoms with E-state index in [1.54, 1.807) is 6.92 Å². The van der Waals surface area contributed by atoms with E-state index >= 15 is 0 Å². The summed E-state index contributed by atoms with van der Waals surface area (Å²) < 4.78 is 4.94. The van der Waals surface area contributed by atoms with Crippen molar-refractivity contribution in [1.29, 1.82) is 0 Å². The highest BCUT2D eigenvalue weighted by Gasteiger charge is 2.34. The van der Waals surface area contributed by atoms with Crippen LogP contribution in [0.1, 0.15) is 41.8 Å². The number of aromatic nitrogens is 1. The van der Waals surface area contributed by atoms with Crippen molar-refractivity contribution in [3.05, 3.63) is 70.9 Å². The standard InChI is InChI=1S/C24H27N3O3/c1-3-30-21(28)12-14-25-24(29)27-15-13-19-18-6-4-5-7-20(18)26-22(19)23(27)17-10-8-16(2)9-11-17/h4-11,23,26H,3,12-15H2,1-2H3,(H,25,29). The Balaban J connectivity index is 1.63. The predicted octanol–water partition coefficient (Wildman–Crippen LogP) is 4.09. The van der Waals surface area contributed by atoms with Crippen molar-refractivity contribution in [2.75, 3.05) is 19.7 Å². The third-order valence-corrected chi connectivity index (χ3v) is 5.60. The first-order valence-corrected chi connectivity index (χ1v) is 10.4. The van der Waals surface area contributed by atoms with E-state index in [4.69, 9.17) is 4.74 Å². The summed E-state index contributed by atoms with van der Waals surface area (Å²) in [5.41, 5.74) is 5.66. The van der Waals surface area contributed by atoms with Gasteiger partial charge >= 0.3 is 12.0 Å². The minimum atomic E-state index is -0.301. The smallest absolute Gasteiger partial charge is 0.318 e. The SMILES string of the molecule is CCOC(=O)CCNC(=O)N1CCc2c([nH]c3ccccc23)C1c1ccc(C)cc1. The topological polar surface area (TPSA) is 74.4 Å². The zero-order valence-electron chi connectivity index (χ0n) is 17.4. The summed E-state index contributed by atoms with van der Waals surface area (Å²) in [5.74, 6) is -0.301. The first kappa shape index (κ1) is 20.0. The number of para-hydroxylation sites is 1. The summed E-state index contributed by atoms with van der Waals surface area (Å²) in [6.45, 7) is 5.04. The molecule has 0 spiro atoms. The fraction of sp³-hybridized carbons (Fsp3) is 0.333. The highest BCUT2D eigenvalue weighted by atomic mass is 16.5. The Morgan fingerprint density at radius 1 is 1.17 bits per heavy atom. The molecular formula is C24H27N3O3. The van der Waals surface area contributed by atoms with Gasteiger partial charge in [-0.05, 0) is 37.5 Å². The molecule has 30 heavy (non-hydrogen) atoms. The molecule has 3 aromatic rings. The molecule has 1 aromatic heterocycles. The number of hydrogen-bond donors (Lipinski definition) is 2. The number of carbonyl (C=O) groups excluding carboxylic acids is 2. The molecule has 0 radical (unpaired) electrons. The van der Waals surface area contributed by atoms with Crippen LogP contribution >= 0.6 is 0 Å². The quantitative estimate of drug-likeness (QED) is 0.628. The van der Waals surface area contributed by atoms with Crippen molar-refractivity contribution in [3.8, 4) is 0 Å². The molecule has 2 N–H and O–H groups in total. The number of aromatic amines is 1. The van der Waals surface area contributed by atoms with E-state index < -0.39 is 0 Å². The first-order valence-electron chi connectivity index (χ1n) is 10.4. The Bertz CT molecular complexity index is 1060. The average molecular weight is 405 g/mol. The number of fused-ring (bicyclic) bond motifs is 3. The molecule has 156 valence electrons. The number of amides is 2. The molecule has 0 bridgehead atoms. The Morgan fingerprint density at radius 2 is 1.93 bits per heavy atom. The lowest BCUT2D eigenvalue weighted by Crippen LogP contribution is -2.46. The van der Waals surface area contributed by atoms with Crippen molar-refractivity contribution in [2.45, 2.75) is 32.7 Å². The predicted molar refractivity (Wildman–Crippen MR) is 116 cm³/mol. The zero-order valence-corrected chi connectivity index (χ0v) is 17.4. The number of ether oxygens (including phenoxy) is 1. The largest absolute Gasteiger partial charge is 0.466 e. The highest BCUT2D eigenvalue weighted by molar-refractivity contribution is 5.86. The van der Waals surface area contributed by atoms with Crippen LogP contribution in [0, 0.1) is 6.92 Å². The second kappa shape index (κ2) is 8.61. The molecule has 1 unspecified atom stereocenters. The lowest BCUT2D eigenvalue weighted by Gasteiger charge is -2.36. The normalized spacial score (nSPS) is 15.7. The van der Waals surface area contributed by atoms with Crippen LogP contribution in [-0.2, 0) is 16.0 Å². The van der Waals surface area contributed by atoms with Gasteiger partial charge in [-0.3, -0.25) is 4.79 Å². The molecule has 0 aliphatic carbocycles. The van der Waals surface area contributed by atoms with E-state index in [-0.39, 0.29) is 31.0 Å². The Kier molecular flexibility index (Phi) is 5.74. The van der Waals surface area contributed by atoms with Gasteiger partial charge in [0.15, 0.2) is 0 Å². The number of nitrogens with zero attached hydrogens (tertiary/aromatic N) is 1. The van der Waals surface area contributed by atoms with Crippen LogP contribution in [0.15, 0.2) is 48.5 Å². The van der Waals surface area contributed by atoms with Gasteiger partial charge < -0.3 is 19.9 Å². The van der Waals surface area contributed by atoms with Crippen molar-refractivity contribution in [1.82, 2.24) is 15.2 Å². The number of H-pyrrole nitrogens is 1. The molecule has 1 aliphatic rings. The molecule has 0 saturated carbocycles.